The Kier molecular flexibility index (Phi) is 45.7. The van der Waals surface area contributed by atoms with Crippen molar-refractivity contribution in [3.8, 4) is 0 Å². The van der Waals surface area contributed by atoms with Gasteiger partial charge in [0.1, 0.15) is 0 Å². The molecule has 0 nitrogen and oxygen atoms in total. The van der Waals surface area contributed by atoms with Crippen molar-refractivity contribution in [1.82, 2.24) is 0 Å². The molecule has 0 fully saturated rings. The van der Waals surface area contributed by atoms with Crippen molar-refractivity contribution in [2.24, 2.45) is 0 Å². The Morgan fingerprint density at radius 3 is 1.91 bits per heavy atom. The maximum absolute atomic E-state index is 3.01. The number of hydrogen-bond donors (Lipinski definition) is 0. The van der Waals surface area contributed by atoms with Crippen LogP contribution in [0.25, 0.3) is 10.8 Å². The predicted octanol–water partition coefficient (Wildman–Crippen LogP) is 7.06. The molecule has 0 aliphatic heterocycles. The topological polar surface area (TPSA) is 0 Å². The summed E-state index contributed by atoms with van der Waals surface area (Å²) in [4.78, 5) is 0. The molecule has 0 aliphatic rings. The summed E-state index contributed by atoms with van der Waals surface area (Å²) in [6.07, 6.45) is 0. The Morgan fingerprint density at radius 2 is 1.52 bits per heavy atom. The molecule has 1 atom stereocenters. The molecule has 0 aliphatic carbocycles. The molecule has 23 heavy (non-hydrogen) atoms. The number of halogens is 2. The van der Waals surface area contributed by atoms with Crippen molar-refractivity contribution < 1.29 is 26.2 Å². The van der Waals surface area contributed by atoms with E-state index in [0.717, 1.165) is 17.7 Å². The van der Waals surface area contributed by atoms with Gasteiger partial charge in [-0.3, -0.25) is 8.19 Å². The molecule has 0 N–H and O–H groups in total. The van der Waals surface area contributed by atoms with Crippen molar-refractivity contribution in [1.29, 1.82) is 0 Å². The van der Waals surface area contributed by atoms with E-state index in [1.807, 2.05) is 12.1 Å². The molecule has 2 radical (unpaired) electrons. The Morgan fingerprint density at radius 1 is 0.957 bits per heavy atom. The van der Waals surface area contributed by atoms with Crippen molar-refractivity contribution in [2.45, 2.75) is 13.1 Å². The number of benzene rings is 1. The second-order valence-corrected chi connectivity index (χ2v) is 5.38. The first-order chi connectivity index (χ1) is 8.38. The molecule has 0 saturated carbocycles. The Hall–Kier alpha value is 0.290. The van der Waals surface area contributed by atoms with Crippen LogP contribution in [0.15, 0.2) is 60.4 Å². The Balaban J connectivity index is -0.0000000464. The molecule has 5 heteroatoms. The van der Waals surface area contributed by atoms with E-state index in [9.17, 15) is 0 Å². The zero-order chi connectivity index (χ0) is 12.3. The van der Waals surface area contributed by atoms with E-state index in [1.165, 1.54) is 10.8 Å². The van der Waals surface area contributed by atoms with Gasteiger partial charge in [0.05, 0.1) is 0 Å². The summed E-state index contributed by atoms with van der Waals surface area (Å²) in [6.45, 7) is 4.31. The Bertz CT molecular complexity index is 451. The number of hydrogen-bond acceptors (Lipinski definition) is 0. The van der Waals surface area contributed by atoms with Gasteiger partial charge in [-0.15, -0.1) is 54.5 Å². The minimum absolute atomic E-state index is 0. The van der Waals surface area contributed by atoms with Gasteiger partial charge in [0.25, 0.3) is 0 Å². The second kappa shape index (κ2) is 27.2. The summed E-state index contributed by atoms with van der Waals surface area (Å²) in [5, 5.41) is 2.66. The van der Waals surface area contributed by atoms with Crippen LogP contribution in [0.5, 0.6) is 0 Å². The third kappa shape index (κ3) is 18.5. The average Bonchev–Trinajstić information content (AvgIpc) is 3.05. The zero-order valence-electron chi connectivity index (χ0n) is 14.6. The minimum atomic E-state index is 0. The minimum Gasteiger partial charge on any atom is -0.358 e. The average molecular weight is 466 g/mol. The van der Waals surface area contributed by atoms with E-state index in [2.05, 4.69) is 67.2 Å². The first kappa shape index (κ1) is 38.7. The van der Waals surface area contributed by atoms with Crippen LogP contribution in [0.4, 0.5) is 0 Å². The van der Waals surface area contributed by atoms with Gasteiger partial charge in [0, 0.05) is 35.7 Å². The van der Waals surface area contributed by atoms with Crippen LogP contribution in [0.3, 0.4) is 0 Å². The monoisotopic (exact) mass is 463 g/mol. The number of fused-ring (bicyclic) bond motifs is 1. The van der Waals surface area contributed by atoms with Crippen LogP contribution in [0.2, 0.25) is 13.1 Å². The first-order valence-corrected chi connectivity index (χ1v) is 8.64. The van der Waals surface area contributed by atoms with Gasteiger partial charge in [-0.25, -0.2) is 6.07 Å². The standard InChI is InChI=1S/C9H7.C4H4P.C2H6Si.3CH3.2ClH.Zr/c1-2-5-9-7-3-6-8(9)4-1;1-2-4-5-3-1;1-3-2;;;;;;/h1-7H;1-3,5H;1-2H3;3*1H3;2*1H;/q2*-1;;3*-1;;;. The van der Waals surface area contributed by atoms with Gasteiger partial charge in [-0.05, 0) is 0 Å². The molecule has 0 bridgehead atoms. The fourth-order valence-electron chi connectivity index (χ4n) is 1.31. The fraction of sp³-hybridized carbons (Fsp3) is 0.111. The molecule has 1 aromatic heterocycles. The van der Waals surface area contributed by atoms with Crippen LogP contribution in [0.1, 0.15) is 0 Å². The maximum atomic E-state index is 3.01. The van der Waals surface area contributed by atoms with Gasteiger partial charge >= 0.3 is 0 Å². The third-order valence-electron chi connectivity index (χ3n) is 1.99. The van der Waals surface area contributed by atoms with Crippen LogP contribution in [-0.2, 0) is 26.2 Å². The van der Waals surface area contributed by atoms with Crippen molar-refractivity contribution in [3.63, 3.8) is 0 Å². The molecular formula is C18H28Cl2PSiZr-5. The summed E-state index contributed by atoms with van der Waals surface area (Å²) in [5.41, 5.74) is 0. The third-order valence-corrected chi connectivity index (χ3v) is 2.68. The van der Waals surface area contributed by atoms with Gasteiger partial charge in [-0.2, -0.15) is 35.2 Å². The SMILES string of the molecule is C[Si]C.Cl.Cl.[CH3-].[CH3-].[CH3-].[Zr].[c-]1ccc[pH]1.c1ccc2[cH-]ccc2c1. The first-order valence-electron chi connectivity index (χ1n) is 5.57. The number of rotatable bonds is 0. The van der Waals surface area contributed by atoms with Crippen molar-refractivity contribution in [2.75, 3.05) is 0 Å². The zero-order valence-corrected chi connectivity index (χ0v) is 20.7. The van der Waals surface area contributed by atoms with E-state index in [0.29, 0.717) is 0 Å². The molecule has 1 unspecified atom stereocenters. The maximum Gasteiger partial charge on any atom is 0.0307 e. The van der Waals surface area contributed by atoms with Gasteiger partial charge in [-0.1, -0.05) is 19.2 Å². The quantitative estimate of drug-likeness (QED) is 0.246. The summed E-state index contributed by atoms with van der Waals surface area (Å²) >= 11 is 0. The molecule has 1 heterocycles. The molecule has 0 amide bonds. The molecule has 3 aromatic rings. The van der Waals surface area contributed by atoms with Gasteiger partial charge in [0.2, 0.25) is 0 Å². The molecular weight excluding hydrogens is 437 g/mol. The predicted molar refractivity (Wildman–Crippen MR) is 116 cm³/mol. The fourth-order valence-corrected chi connectivity index (χ4v) is 1.79. The molecule has 132 valence electrons. The van der Waals surface area contributed by atoms with Crippen molar-refractivity contribution in [3.05, 3.63) is 88.5 Å². The van der Waals surface area contributed by atoms with E-state index in [-0.39, 0.29) is 73.3 Å². The van der Waals surface area contributed by atoms with Gasteiger partial charge in [0.15, 0.2) is 0 Å². The smallest absolute Gasteiger partial charge is 0.0307 e. The van der Waals surface area contributed by atoms with Gasteiger partial charge < -0.3 is 22.3 Å². The second-order valence-electron chi connectivity index (χ2n) is 3.47. The van der Waals surface area contributed by atoms with Crippen LogP contribution < -0.4 is 0 Å². The largest absolute Gasteiger partial charge is 0.358 e. The molecule has 3 rings (SSSR count). The van der Waals surface area contributed by atoms with Crippen LogP contribution >= 0.6 is 33.0 Å². The van der Waals surface area contributed by atoms with E-state index in [4.69, 9.17) is 0 Å². The molecule has 2 aromatic carbocycles. The summed E-state index contributed by atoms with van der Waals surface area (Å²) in [6, 6.07) is 18.6. The van der Waals surface area contributed by atoms with E-state index >= 15 is 0 Å². The van der Waals surface area contributed by atoms with Crippen molar-refractivity contribution >= 4 is 53.3 Å². The normalized spacial score (nSPS) is 6.87. The Labute approximate surface area is 180 Å². The molecule has 0 spiro atoms. The summed E-state index contributed by atoms with van der Waals surface area (Å²) in [7, 11) is 1.91. The summed E-state index contributed by atoms with van der Waals surface area (Å²) in [5.74, 6) is 5.11. The van der Waals surface area contributed by atoms with E-state index in [1.54, 1.807) is 0 Å². The van der Waals surface area contributed by atoms with Crippen LogP contribution in [0, 0.1) is 28.1 Å². The molecule has 0 saturated heterocycles. The summed E-state index contributed by atoms with van der Waals surface area (Å²) < 4.78 is 0. The van der Waals surface area contributed by atoms with Crippen LogP contribution in [-0.4, -0.2) is 9.52 Å². The van der Waals surface area contributed by atoms with E-state index < -0.39 is 0 Å².